The molecule has 3 heterocycles. The number of anilines is 1. The minimum Gasteiger partial charge on any atom is -0.353 e. The average Bonchev–Trinajstić information content (AvgIpc) is 3.06. The molecule has 0 amide bonds. The molecule has 5 heteroatoms. The van der Waals surface area contributed by atoms with Crippen LogP contribution in [0.2, 0.25) is 0 Å². The van der Waals surface area contributed by atoms with Gasteiger partial charge >= 0.3 is 0 Å². The lowest BCUT2D eigenvalue weighted by Crippen LogP contribution is -2.36. The third-order valence-corrected chi connectivity index (χ3v) is 4.36. The van der Waals surface area contributed by atoms with E-state index in [0.717, 1.165) is 24.0 Å². The summed E-state index contributed by atoms with van der Waals surface area (Å²) in [6.45, 7) is 7.77. The van der Waals surface area contributed by atoms with Gasteiger partial charge in [-0.05, 0) is 32.1 Å². The fourth-order valence-corrected chi connectivity index (χ4v) is 3.43. The molecule has 0 aromatic carbocycles. The van der Waals surface area contributed by atoms with Crippen LogP contribution in [0.15, 0.2) is 12.4 Å². The van der Waals surface area contributed by atoms with E-state index < -0.39 is 0 Å². The van der Waals surface area contributed by atoms with Gasteiger partial charge in [0.05, 0.1) is 0 Å². The second-order valence-corrected chi connectivity index (χ2v) is 5.90. The Morgan fingerprint density at radius 1 is 1.45 bits per heavy atom. The lowest BCUT2D eigenvalue weighted by Gasteiger charge is -2.31. The minimum atomic E-state index is 0.615. The lowest BCUT2D eigenvalue weighted by molar-refractivity contribution is 0.418. The van der Waals surface area contributed by atoms with Gasteiger partial charge in [0.15, 0.2) is 0 Å². The van der Waals surface area contributed by atoms with Gasteiger partial charge < -0.3 is 4.90 Å². The van der Waals surface area contributed by atoms with E-state index in [2.05, 4.69) is 39.9 Å². The van der Waals surface area contributed by atoms with Crippen LogP contribution in [0.1, 0.15) is 45.2 Å². The molecule has 2 aromatic rings. The van der Waals surface area contributed by atoms with E-state index in [1.54, 1.807) is 6.33 Å². The van der Waals surface area contributed by atoms with E-state index in [9.17, 15) is 0 Å². The number of aromatic nitrogens is 4. The number of fused-ring (bicyclic) bond motifs is 1. The van der Waals surface area contributed by atoms with Crippen LogP contribution in [0.25, 0.3) is 5.78 Å². The van der Waals surface area contributed by atoms with Gasteiger partial charge in [-0.15, -0.1) is 0 Å². The van der Waals surface area contributed by atoms with Crippen LogP contribution < -0.4 is 4.90 Å². The quantitative estimate of drug-likeness (QED) is 0.859. The van der Waals surface area contributed by atoms with E-state index in [4.69, 9.17) is 0 Å². The lowest BCUT2D eigenvalue weighted by atomic mass is 9.95. The molecule has 1 saturated heterocycles. The van der Waals surface area contributed by atoms with Crippen molar-refractivity contribution < 1.29 is 0 Å². The summed E-state index contributed by atoms with van der Waals surface area (Å²) >= 11 is 0. The summed E-state index contributed by atoms with van der Waals surface area (Å²) in [5.74, 6) is 2.57. The normalized spacial score (nSPS) is 20.8. The van der Waals surface area contributed by atoms with Crippen molar-refractivity contribution in [2.45, 2.75) is 52.5 Å². The molecular weight excluding hydrogens is 250 g/mol. The first-order chi connectivity index (χ1) is 9.70. The number of hydrogen-bond donors (Lipinski definition) is 0. The van der Waals surface area contributed by atoms with Gasteiger partial charge in [0.1, 0.15) is 12.1 Å². The molecule has 108 valence electrons. The molecule has 2 atom stereocenters. The highest BCUT2D eigenvalue weighted by Gasteiger charge is 2.30. The van der Waals surface area contributed by atoms with Crippen LogP contribution in [0.3, 0.4) is 0 Å². The molecule has 0 bridgehead atoms. The number of nitrogens with zero attached hydrogens (tertiary/aromatic N) is 5. The molecule has 2 aromatic heterocycles. The maximum Gasteiger partial charge on any atom is 0.254 e. The monoisotopic (exact) mass is 273 g/mol. The average molecular weight is 273 g/mol. The fourth-order valence-electron chi connectivity index (χ4n) is 3.43. The summed E-state index contributed by atoms with van der Waals surface area (Å²) in [7, 11) is 0. The molecular formula is C15H23N5. The number of hydrogen-bond acceptors (Lipinski definition) is 4. The zero-order valence-electron chi connectivity index (χ0n) is 12.6. The number of aryl methyl sites for hydroxylation is 1. The highest BCUT2D eigenvalue weighted by Crippen LogP contribution is 2.31. The predicted molar refractivity (Wildman–Crippen MR) is 80.0 cm³/mol. The van der Waals surface area contributed by atoms with Gasteiger partial charge in [-0.1, -0.05) is 20.3 Å². The zero-order chi connectivity index (χ0) is 14.1. The van der Waals surface area contributed by atoms with E-state index >= 15 is 0 Å². The smallest absolute Gasteiger partial charge is 0.254 e. The van der Waals surface area contributed by atoms with Gasteiger partial charge in [0, 0.05) is 24.3 Å². The molecule has 1 fully saturated rings. The highest BCUT2D eigenvalue weighted by molar-refractivity contribution is 5.48. The number of rotatable bonds is 4. The molecule has 0 radical (unpaired) electrons. The third-order valence-electron chi connectivity index (χ3n) is 4.36. The summed E-state index contributed by atoms with van der Waals surface area (Å²) in [4.78, 5) is 11.2. The summed E-state index contributed by atoms with van der Waals surface area (Å²) < 4.78 is 1.88. The van der Waals surface area contributed by atoms with Crippen LogP contribution in [0, 0.1) is 12.8 Å². The maximum absolute atomic E-state index is 4.44. The molecule has 3 rings (SSSR count). The van der Waals surface area contributed by atoms with Crippen molar-refractivity contribution in [3.63, 3.8) is 0 Å². The molecule has 0 spiro atoms. The second kappa shape index (κ2) is 5.38. The van der Waals surface area contributed by atoms with Crippen LogP contribution in [0.4, 0.5) is 5.82 Å². The van der Waals surface area contributed by atoms with Crippen LogP contribution in [0.5, 0.6) is 0 Å². The van der Waals surface area contributed by atoms with Gasteiger partial charge in [0.25, 0.3) is 5.78 Å². The van der Waals surface area contributed by atoms with Gasteiger partial charge in [-0.2, -0.15) is 14.6 Å². The highest BCUT2D eigenvalue weighted by atomic mass is 15.4. The van der Waals surface area contributed by atoms with E-state index in [0.29, 0.717) is 11.8 Å². The van der Waals surface area contributed by atoms with Crippen molar-refractivity contribution in [1.29, 1.82) is 0 Å². The Bertz CT molecular complexity index is 591. The first kappa shape index (κ1) is 13.3. The summed E-state index contributed by atoms with van der Waals surface area (Å²) in [5, 5.41) is 4.35. The van der Waals surface area contributed by atoms with Gasteiger partial charge in [-0.25, -0.2) is 4.98 Å². The van der Waals surface area contributed by atoms with Crippen LogP contribution in [-0.2, 0) is 0 Å². The van der Waals surface area contributed by atoms with Crippen molar-refractivity contribution in [1.82, 2.24) is 19.6 Å². The van der Waals surface area contributed by atoms with Crippen molar-refractivity contribution in [2.24, 2.45) is 5.92 Å². The van der Waals surface area contributed by atoms with Gasteiger partial charge in [0.2, 0.25) is 0 Å². The maximum atomic E-state index is 4.44. The summed E-state index contributed by atoms with van der Waals surface area (Å²) in [5.41, 5.74) is 1.01. The van der Waals surface area contributed by atoms with Crippen molar-refractivity contribution in [3.8, 4) is 0 Å². The Balaban J connectivity index is 1.99. The summed E-state index contributed by atoms with van der Waals surface area (Å²) in [6.07, 6.45) is 6.66. The Morgan fingerprint density at radius 2 is 2.30 bits per heavy atom. The Kier molecular flexibility index (Phi) is 3.59. The largest absolute Gasteiger partial charge is 0.353 e. The Labute approximate surface area is 120 Å². The van der Waals surface area contributed by atoms with Crippen LogP contribution in [-0.4, -0.2) is 32.2 Å². The molecule has 1 aliphatic rings. The van der Waals surface area contributed by atoms with Crippen LogP contribution >= 0.6 is 0 Å². The molecule has 20 heavy (non-hydrogen) atoms. The SMILES string of the molecule is CCCC(C)C1CCCN1c1cc(C)nc2ncnn12. The standard InChI is InChI=1S/C15H23N5/c1-4-6-11(2)13-7-5-8-19(13)14-9-12(3)18-15-16-10-17-20(14)15/h9-11,13H,4-8H2,1-3H3. The first-order valence-electron chi connectivity index (χ1n) is 7.64. The predicted octanol–water partition coefficient (Wildman–Crippen LogP) is 2.84. The Hall–Kier alpha value is -1.65. The fraction of sp³-hybridized carbons (Fsp3) is 0.667. The molecule has 5 nitrogen and oxygen atoms in total. The van der Waals surface area contributed by atoms with Crippen molar-refractivity contribution >= 4 is 11.6 Å². The van der Waals surface area contributed by atoms with Crippen molar-refractivity contribution in [2.75, 3.05) is 11.4 Å². The second-order valence-electron chi connectivity index (χ2n) is 5.90. The molecule has 1 aliphatic heterocycles. The molecule has 2 unspecified atom stereocenters. The topological polar surface area (TPSA) is 46.3 Å². The molecule has 0 N–H and O–H groups in total. The minimum absolute atomic E-state index is 0.615. The first-order valence-corrected chi connectivity index (χ1v) is 7.64. The van der Waals surface area contributed by atoms with Crippen molar-refractivity contribution in [3.05, 3.63) is 18.1 Å². The Morgan fingerprint density at radius 3 is 3.10 bits per heavy atom. The summed E-state index contributed by atoms with van der Waals surface area (Å²) in [6, 6.07) is 2.75. The van der Waals surface area contributed by atoms with Gasteiger partial charge in [-0.3, -0.25) is 0 Å². The van der Waals surface area contributed by atoms with E-state index in [1.165, 1.54) is 25.7 Å². The zero-order valence-corrected chi connectivity index (χ0v) is 12.6. The van der Waals surface area contributed by atoms with E-state index in [-0.39, 0.29) is 0 Å². The van der Waals surface area contributed by atoms with E-state index in [1.807, 2.05) is 11.4 Å². The molecule has 0 saturated carbocycles. The molecule has 0 aliphatic carbocycles. The third kappa shape index (κ3) is 2.25.